The topological polar surface area (TPSA) is 130 Å². The van der Waals surface area contributed by atoms with Gasteiger partial charge in [0.25, 0.3) is 14.4 Å². The second-order valence-electron chi connectivity index (χ2n) is 6.16. The molecule has 1 fully saturated rings. The summed E-state index contributed by atoms with van der Waals surface area (Å²) in [6.45, 7) is 3.09. The second kappa shape index (κ2) is 6.41. The van der Waals surface area contributed by atoms with E-state index in [1.165, 1.54) is 0 Å². The number of nitrogens with zero attached hydrogens (tertiary/aromatic N) is 3. The predicted octanol–water partition coefficient (Wildman–Crippen LogP) is 1.96. The Hall–Kier alpha value is -1.82. The lowest BCUT2D eigenvalue weighted by Crippen LogP contribution is -2.23. The van der Waals surface area contributed by atoms with Crippen molar-refractivity contribution in [2.24, 2.45) is 0 Å². The third-order valence-corrected chi connectivity index (χ3v) is 7.64. The molecule has 1 atom stereocenters. The fraction of sp³-hybridized carbons (Fsp3) is 0.533. The minimum absolute atomic E-state index is 0.0179. The largest absolute Gasteiger partial charge is 0.461 e. The quantitative estimate of drug-likeness (QED) is 0.592. The highest BCUT2D eigenvalue weighted by molar-refractivity contribution is 7.99. The number of nitrogens with two attached hydrogens (primary N) is 1. The first-order valence-corrected chi connectivity index (χ1v) is 10.8. The standard InChI is InChI=1S/C15H18N4O5S2/c1-2-24-13(20)10-9-7-26(21,22)14-11(17-15(16)25-14)12(9)19(18-10)8-3-5-23-6-4-8/h8H,2-7H2,1H3,(H2-,16,17,21,22)/p+1. The van der Waals surface area contributed by atoms with Crippen LogP contribution in [-0.2, 0) is 29.6 Å². The minimum Gasteiger partial charge on any atom is -0.461 e. The number of rotatable bonds is 3. The molecule has 2 aliphatic heterocycles. The molecule has 0 spiro atoms. The van der Waals surface area contributed by atoms with Crippen molar-refractivity contribution in [1.29, 1.82) is 0 Å². The van der Waals surface area contributed by atoms with Crippen LogP contribution in [0.5, 0.6) is 0 Å². The maximum Gasteiger partial charge on any atom is 0.359 e. The first-order valence-electron chi connectivity index (χ1n) is 8.29. The molecule has 4 rings (SSSR count). The van der Waals surface area contributed by atoms with Crippen molar-refractivity contribution >= 4 is 32.7 Å². The molecule has 0 bridgehead atoms. The van der Waals surface area contributed by atoms with Gasteiger partial charge in [0.1, 0.15) is 5.69 Å². The van der Waals surface area contributed by atoms with E-state index in [2.05, 4.69) is 10.1 Å². The summed E-state index contributed by atoms with van der Waals surface area (Å²) < 4.78 is 35.8. The van der Waals surface area contributed by atoms with Crippen LogP contribution in [0.4, 0.5) is 5.13 Å². The molecule has 2 aromatic rings. The van der Waals surface area contributed by atoms with Crippen molar-refractivity contribution in [3.63, 3.8) is 0 Å². The average Bonchev–Trinajstić information content (AvgIpc) is 3.16. The Kier molecular flexibility index (Phi) is 4.34. The molecule has 26 heavy (non-hydrogen) atoms. The van der Waals surface area contributed by atoms with Crippen molar-refractivity contribution < 1.29 is 23.0 Å². The van der Waals surface area contributed by atoms with E-state index >= 15 is 0 Å². The highest BCUT2D eigenvalue weighted by Crippen LogP contribution is 2.46. The van der Waals surface area contributed by atoms with E-state index < -0.39 is 16.2 Å². The lowest BCUT2D eigenvalue weighted by molar-refractivity contribution is 0.0512. The van der Waals surface area contributed by atoms with Crippen LogP contribution in [-0.4, -0.2) is 45.1 Å². The summed E-state index contributed by atoms with van der Waals surface area (Å²) in [4.78, 5) is 16.7. The summed E-state index contributed by atoms with van der Waals surface area (Å²) in [6, 6.07) is 0.0179. The average molecular weight is 399 g/mol. The van der Waals surface area contributed by atoms with Crippen LogP contribution in [0.15, 0.2) is 4.21 Å². The van der Waals surface area contributed by atoms with Gasteiger partial charge in [-0.15, -0.1) is 0 Å². The molecule has 0 amide bonds. The Balaban J connectivity index is 1.93. The lowest BCUT2D eigenvalue weighted by Gasteiger charge is -2.24. The summed E-state index contributed by atoms with van der Waals surface area (Å²) in [5.74, 6) is -0.801. The van der Waals surface area contributed by atoms with Crippen LogP contribution in [0, 0.1) is 0 Å². The number of fused-ring (bicyclic) bond motifs is 3. The Morgan fingerprint density at radius 2 is 2.23 bits per heavy atom. The maximum atomic E-state index is 12.8. The molecule has 9 nitrogen and oxygen atoms in total. The van der Waals surface area contributed by atoms with Gasteiger partial charge < -0.3 is 15.2 Å². The van der Waals surface area contributed by atoms with Gasteiger partial charge >= 0.3 is 5.97 Å². The lowest BCUT2D eigenvalue weighted by atomic mass is 10.1. The van der Waals surface area contributed by atoms with Crippen LogP contribution in [0.3, 0.4) is 0 Å². The maximum absolute atomic E-state index is 12.8. The van der Waals surface area contributed by atoms with E-state index in [1.54, 1.807) is 11.6 Å². The van der Waals surface area contributed by atoms with Gasteiger partial charge in [-0.3, -0.25) is 4.68 Å². The fourth-order valence-electron chi connectivity index (χ4n) is 3.36. The van der Waals surface area contributed by atoms with Crippen molar-refractivity contribution in [2.45, 2.75) is 35.8 Å². The van der Waals surface area contributed by atoms with Crippen LogP contribution in [0.25, 0.3) is 11.4 Å². The van der Waals surface area contributed by atoms with E-state index in [-0.39, 0.29) is 33.4 Å². The van der Waals surface area contributed by atoms with Gasteiger partial charge in [0.15, 0.2) is 22.3 Å². The summed E-state index contributed by atoms with van der Waals surface area (Å²) in [5.41, 5.74) is 7.22. The molecule has 4 heterocycles. The number of carbonyl (C=O) groups is 1. The summed E-state index contributed by atoms with van der Waals surface area (Å²) >= 11 is 1.00. The smallest absolute Gasteiger partial charge is 0.359 e. The van der Waals surface area contributed by atoms with Gasteiger partial charge in [-0.2, -0.15) is 9.65 Å². The van der Waals surface area contributed by atoms with Crippen molar-refractivity contribution in [1.82, 2.24) is 14.8 Å². The number of ether oxygens (including phenoxy) is 2. The first-order chi connectivity index (χ1) is 12.4. The van der Waals surface area contributed by atoms with Crippen LogP contribution >= 0.6 is 11.3 Å². The predicted molar refractivity (Wildman–Crippen MR) is 95.4 cm³/mol. The molecule has 3 N–H and O–H groups in total. The number of nitrogen functional groups attached to an aromatic ring is 1. The molecule has 2 aliphatic rings. The summed E-state index contributed by atoms with van der Waals surface area (Å²) in [7, 11) is -3.38. The van der Waals surface area contributed by atoms with E-state index in [1.807, 2.05) is 0 Å². The molecular formula is C15H19N4O5S2+. The summed E-state index contributed by atoms with van der Waals surface area (Å²) in [6.07, 6.45) is 1.47. The van der Waals surface area contributed by atoms with Gasteiger partial charge in [-0.1, -0.05) is 4.21 Å². The molecular weight excluding hydrogens is 380 g/mol. The number of thiazole rings is 1. The minimum atomic E-state index is -3.38. The molecule has 140 valence electrons. The number of aromatic nitrogens is 3. The highest BCUT2D eigenvalue weighted by atomic mass is 32.3. The molecule has 0 radical (unpaired) electrons. The number of esters is 1. The van der Waals surface area contributed by atoms with Crippen molar-refractivity contribution in [3.05, 3.63) is 11.3 Å². The molecule has 2 aromatic heterocycles. The third kappa shape index (κ3) is 2.75. The zero-order valence-corrected chi connectivity index (χ0v) is 15.8. The zero-order chi connectivity index (χ0) is 18.5. The van der Waals surface area contributed by atoms with E-state index in [9.17, 15) is 13.6 Å². The van der Waals surface area contributed by atoms with E-state index in [4.69, 9.17) is 15.2 Å². The summed E-state index contributed by atoms with van der Waals surface area (Å²) in [5, 5.41) is 4.69. The number of anilines is 1. The van der Waals surface area contributed by atoms with Crippen molar-refractivity contribution in [2.75, 3.05) is 25.6 Å². The number of carbonyl (C=O) groups excluding carboxylic acids is 1. The van der Waals surface area contributed by atoms with Gasteiger partial charge in [-0.05, 0) is 31.1 Å². The SMILES string of the molecule is CCOC(=O)c1nn(C2CCOCC2)c2c1C[S+](=O)(O)c1sc(N)nc1-2. The molecule has 1 saturated heterocycles. The normalized spacial score (nSPS) is 22.7. The molecule has 11 heteroatoms. The first kappa shape index (κ1) is 17.6. The second-order valence-corrected chi connectivity index (χ2v) is 9.42. The van der Waals surface area contributed by atoms with Gasteiger partial charge in [0.05, 0.1) is 18.2 Å². The van der Waals surface area contributed by atoms with Crippen molar-refractivity contribution in [3.8, 4) is 11.4 Å². The Labute approximate surface area is 154 Å². The van der Waals surface area contributed by atoms with Gasteiger partial charge in [0, 0.05) is 13.2 Å². The van der Waals surface area contributed by atoms with Crippen LogP contribution in [0.1, 0.15) is 41.9 Å². The third-order valence-electron chi connectivity index (χ3n) is 4.48. The molecule has 0 aromatic carbocycles. The van der Waals surface area contributed by atoms with E-state index in [0.717, 1.165) is 24.2 Å². The van der Waals surface area contributed by atoms with E-state index in [0.29, 0.717) is 30.2 Å². The van der Waals surface area contributed by atoms with Gasteiger partial charge in [0.2, 0.25) is 0 Å². The molecule has 1 unspecified atom stereocenters. The Bertz CT molecular complexity index is 916. The fourth-order valence-corrected chi connectivity index (χ4v) is 6.12. The van der Waals surface area contributed by atoms with Gasteiger partial charge in [-0.25, -0.2) is 9.78 Å². The number of hydrogen-bond donors (Lipinski definition) is 2. The molecule has 0 aliphatic carbocycles. The Morgan fingerprint density at radius 1 is 1.50 bits per heavy atom. The monoisotopic (exact) mass is 399 g/mol. The number of hydrogen-bond acceptors (Lipinski definition) is 8. The van der Waals surface area contributed by atoms with Crippen LogP contribution < -0.4 is 5.73 Å². The highest BCUT2D eigenvalue weighted by Gasteiger charge is 2.48. The Morgan fingerprint density at radius 3 is 2.92 bits per heavy atom. The molecule has 0 saturated carbocycles. The zero-order valence-electron chi connectivity index (χ0n) is 14.1. The van der Waals surface area contributed by atoms with Crippen LogP contribution in [0.2, 0.25) is 0 Å².